The van der Waals surface area contributed by atoms with Gasteiger partial charge in [-0.05, 0) is 24.3 Å². The first-order chi connectivity index (χ1) is 24.0. The number of hydrogen-bond donors (Lipinski definition) is 0. The first kappa shape index (κ1) is 38.9. The zero-order valence-corrected chi connectivity index (χ0v) is 24.4. The summed E-state index contributed by atoms with van der Waals surface area (Å²) in [6.45, 7) is 0. The van der Waals surface area contributed by atoms with Gasteiger partial charge in [-0.1, -0.05) is 0 Å². The Kier molecular flexibility index (Phi) is 10.0. The molecule has 8 nitrogen and oxygen atoms in total. The minimum atomic E-state index is -5.79. The summed E-state index contributed by atoms with van der Waals surface area (Å²) in [5.74, 6) is 0. The molecule has 20 heteroatoms. The Bertz CT molecular complexity index is 2370. The molecule has 0 saturated heterocycles. The third kappa shape index (κ3) is 6.70. The third-order valence-corrected chi connectivity index (χ3v) is 6.98. The highest BCUT2D eigenvalue weighted by Crippen LogP contribution is 2.45. The molecule has 0 aliphatic carbocycles. The molecule has 0 aliphatic rings. The molecule has 0 heterocycles. The Balaban J connectivity index is 2.84. The van der Waals surface area contributed by atoms with Crippen molar-refractivity contribution in [1.82, 2.24) is 0 Å². The predicted octanol–water partition coefficient (Wildman–Crippen LogP) is 6.44. The summed E-state index contributed by atoms with van der Waals surface area (Å²) in [5.41, 5.74) is -25.1. The molecule has 0 radical (unpaired) electrons. The van der Waals surface area contributed by atoms with Gasteiger partial charge in [-0.2, -0.15) is 94.8 Å². The molecule has 0 atom stereocenters. The Labute approximate surface area is 280 Å². The van der Waals surface area contributed by atoms with Gasteiger partial charge in [0.1, 0.15) is 36.4 Å². The van der Waals surface area contributed by atoms with Crippen molar-refractivity contribution >= 4 is 11.1 Å². The Morgan fingerprint density at radius 2 is 0.673 bits per heavy atom. The minimum Gasteiger partial charge on any atom is -0.192 e. The number of benzene rings is 3. The maximum atomic E-state index is 14.3. The van der Waals surface area contributed by atoms with Crippen LogP contribution < -0.4 is 10.4 Å². The lowest BCUT2D eigenvalue weighted by atomic mass is 9.86. The summed E-state index contributed by atoms with van der Waals surface area (Å²) < 4.78 is 169. The van der Waals surface area contributed by atoms with Gasteiger partial charge in [0.05, 0.1) is 78.9 Å². The van der Waals surface area contributed by atoms with Gasteiger partial charge in [0, 0.05) is 21.6 Å². The molecule has 3 aromatic rings. The topological polar surface area (TPSA) is 190 Å². The largest absolute Gasteiger partial charge is 0.418 e. The maximum Gasteiger partial charge on any atom is 0.418 e. The molecule has 0 spiro atoms. The van der Waals surface area contributed by atoms with Crippen molar-refractivity contribution in [3.05, 3.63) is 101 Å². The summed E-state index contributed by atoms with van der Waals surface area (Å²) in [6.07, 6.45) is -22.9. The average Bonchev–Trinajstić information content (AvgIpc) is 3.05. The van der Waals surface area contributed by atoms with Gasteiger partial charge in [0.2, 0.25) is 0 Å². The zero-order chi connectivity index (χ0) is 39.7. The van der Waals surface area contributed by atoms with Crippen molar-refractivity contribution in [2.75, 3.05) is 0 Å². The van der Waals surface area contributed by atoms with Crippen LogP contribution in [-0.2, 0) is 24.7 Å². The minimum absolute atomic E-state index is 0.258. The summed E-state index contributed by atoms with van der Waals surface area (Å²) in [4.78, 5) is 0. The molecule has 52 heavy (non-hydrogen) atoms. The smallest absolute Gasteiger partial charge is 0.192 e. The summed E-state index contributed by atoms with van der Waals surface area (Å²) in [5, 5.41) is 74.5. The SMILES string of the molecule is N#C/C(c1cc(C(F)(F)F)c(C#N)c(C#N)c1C(F)(F)F)=c1/cc(C#N)/c(=C(\C#N)c2cc(C(F)(F)F)c(C#N)c(C#N)c2C(F)(F)F)cc1C#N. The summed E-state index contributed by atoms with van der Waals surface area (Å²) in [7, 11) is 0. The van der Waals surface area contributed by atoms with Gasteiger partial charge in [-0.25, -0.2) is 0 Å². The van der Waals surface area contributed by atoms with Crippen LogP contribution in [0.4, 0.5) is 52.7 Å². The van der Waals surface area contributed by atoms with E-state index in [0.29, 0.717) is 0 Å². The van der Waals surface area contributed by atoms with E-state index < -0.39 is 113 Å². The highest BCUT2D eigenvalue weighted by Gasteiger charge is 2.45. The zero-order valence-electron chi connectivity index (χ0n) is 24.4. The molecular weight excluding hydrogens is 724 g/mol. The quantitative estimate of drug-likeness (QED) is 0.269. The number of halogens is 12. The van der Waals surface area contributed by atoms with Crippen LogP contribution >= 0.6 is 0 Å². The molecule has 0 bridgehead atoms. The monoisotopic (exact) mass is 728 g/mol. The molecule has 3 aromatic carbocycles. The van der Waals surface area contributed by atoms with Gasteiger partial charge >= 0.3 is 24.7 Å². The molecule has 0 aromatic heterocycles. The normalized spacial score (nSPS) is 12.7. The van der Waals surface area contributed by atoms with Gasteiger partial charge in [-0.15, -0.1) is 0 Å². The summed E-state index contributed by atoms with van der Waals surface area (Å²) >= 11 is 0. The van der Waals surface area contributed by atoms with E-state index in [1.165, 1.54) is 12.1 Å². The molecule has 0 aliphatic heterocycles. The fourth-order valence-electron chi connectivity index (χ4n) is 4.98. The molecule has 256 valence electrons. The van der Waals surface area contributed by atoms with Crippen LogP contribution in [0.15, 0.2) is 24.3 Å². The van der Waals surface area contributed by atoms with Crippen LogP contribution in [0.1, 0.15) is 66.8 Å². The number of alkyl halides is 12. The van der Waals surface area contributed by atoms with Crippen molar-refractivity contribution in [3.63, 3.8) is 0 Å². The van der Waals surface area contributed by atoms with Crippen LogP contribution in [0.25, 0.3) is 11.1 Å². The van der Waals surface area contributed by atoms with Gasteiger partial charge in [0.25, 0.3) is 0 Å². The Morgan fingerprint density at radius 3 is 0.865 bits per heavy atom. The van der Waals surface area contributed by atoms with E-state index in [2.05, 4.69) is 0 Å². The van der Waals surface area contributed by atoms with Crippen LogP contribution in [0.5, 0.6) is 0 Å². The third-order valence-electron chi connectivity index (χ3n) is 6.98. The van der Waals surface area contributed by atoms with Crippen molar-refractivity contribution < 1.29 is 52.7 Å². The number of nitriles is 8. The van der Waals surface area contributed by atoms with E-state index in [4.69, 9.17) is 0 Å². The standard InChI is InChI=1S/C32H4F12N8/c33-29(34,35)25-3-17(27(31(39,40)41)23(11-51)21(25)9-49)19(7-47)15-1-13(5-45)16(2-14(15)6-46)20(8-48)18-4-26(30(36,37)38)22(10-50)24(12-52)28(18)32(42,43)44/h1-4H/b19-15+,20-16+. The van der Waals surface area contributed by atoms with E-state index >= 15 is 0 Å². The molecular formula is C32H4F12N8. The molecule has 3 rings (SSSR count). The van der Waals surface area contributed by atoms with E-state index in [1.54, 1.807) is 0 Å². The Hall–Kier alpha value is -7.52. The van der Waals surface area contributed by atoms with Crippen LogP contribution in [0, 0.1) is 90.6 Å². The van der Waals surface area contributed by atoms with Crippen molar-refractivity contribution in [1.29, 1.82) is 42.1 Å². The molecule has 0 saturated carbocycles. The Morgan fingerprint density at radius 1 is 0.385 bits per heavy atom. The van der Waals surface area contributed by atoms with Gasteiger partial charge in [-0.3, -0.25) is 0 Å². The lowest BCUT2D eigenvalue weighted by molar-refractivity contribution is -0.141. The van der Waals surface area contributed by atoms with E-state index in [-0.39, 0.29) is 24.3 Å². The second-order valence-electron chi connectivity index (χ2n) is 9.77. The number of rotatable bonds is 2. The lowest BCUT2D eigenvalue weighted by Crippen LogP contribution is -2.25. The molecule has 0 fully saturated rings. The van der Waals surface area contributed by atoms with Crippen molar-refractivity contribution in [3.8, 4) is 48.6 Å². The number of nitrogens with zero attached hydrogens (tertiary/aromatic N) is 8. The van der Waals surface area contributed by atoms with E-state index in [0.717, 1.165) is 36.4 Å². The van der Waals surface area contributed by atoms with Gasteiger partial charge < -0.3 is 0 Å². The highest BCUT2D eigenvalue weighted by molar-refractivity contribution is 5.85. The van der Waals surface area contributed by atoms with Gasteiger partial charge in [0.15, 0.2) is 0 Å². The second-order valence-corrected chi connectivity index (χ2v) is 9.77. The number of hydrogen-bond acceptors (Lipinski definition) is 8. The summed E-state index contributed by atoms with van der Waals surface area (Å²) in [6, 6.07) is 7.84. The average molecular weight is 728 g/mol. The predicted molar refractivity (Wildman–Crippen MR) is 143 cm³/mol. The van der Waals surface area contributed by atoms with Crippen molar-refractivity contribution in [2.45, 2.75) is 24.7 Å². The first-order valence-electron chi connectivity index (χ1n) is 12.9. The van der Waals surface area contributed by atoms with Crippen LogP contribution in [0.3, 0.4) is 0 Å². The first-order valence-corrected chi connectivity index (χ1v) is 12.9. The highest BCUT2D eigenvalue weighted by atomic mass is 19.4. The van der Waals surface area contributed by atoms with E-state index in [9.17, 15) is 94.8 Å². The van der Waals surface area contributed by atoms with Crippen molar-refractivity contribution in [2.24, 2.45) is 0 Å². The fourth-order valence-corrected chi connectivity index (χ4v) is 4.98. The molecule has 0 amide bonds. The maximum absolute atomic E-state index is 14.3. The van der Waals surface area contributed by atoms with Crippen LogP contribution in [0.2, 0.25) is 0 Å². The second kappa shape index (κ2) is 13.4. The lowest BCUT2D eigenvalue weighted by Gasteiger charge is -2.19. The molecule has 0 unspecified atom stereocenters. The molecule has 0 N–H and O–H groups in total. The van der Waals surface area contributed by atoms with E-state index in [1.807, 2.05) is 0 Å². The van der Waals surface area contributed by atoms with Crippen LogP contribution in [-0.4, -0.2) is 0 Å². The fraction of sp³-hybridized carbons (Fsp3) is 0.125.